The lowest BCUT2D eigenvalue weighted by Gasteiger charge is -2.22. The zero-order valence-corrected chi connectivity index (χ0v) is 49.9. The standard InChI is InChI=1S/C67H133NO5/c1-3-5-7-9-11-13-15-17-19-20-21-26-29-32-35-39-43-47-51-55-59-65(70)64(63-69)68-66(71)60-56-52-48-44-40-36-33-30-27-24-22-23-25-28-31-34-38-42-46-50-54-58-62-73-67(72)61-57-53-49-45-41-37-18-16-14-12-10-8-6-4-2/h64-65,69-70H,3-63H2,1-2H3,(H,68,71). The van der Waals surface area contributed by atoms with Crippen molar-refractivity contribution in [2.75, 3.05) is 13.2 Å². The minimum absolute atomic E-state index is 0.0169. The third-order valence-corrected chi connectivity index (χ3v) is 16.2. The van der Waals surface area contributed by atoms with Gasteiger partial charge in [0.25, 0.3) is 0 Å². The van der Waals surface area contributed by atoms with Crippen LogP contribution in [0.2, 0.25) is 0 Å². The van der Waals surface area contributed by atoms with E-state index in [-0.39, 0.29) is 18.5 Å². The number of unbranched alkanes of at least 4 members (excludes halogenated alkanes) is 53. The number of nitrogens with one attached hydrogen (secondary N) is 1. The van der Waals surface area contributed by atoms with Crippen LogP contribution in [-0.4, -0.2) is 47.4 Å². The van der Waals surface area contributed by atoms with Crippen LogP contribution < -0.4 is 5.32 Å². The molecule has 0 aliphatic rings. The van der Waals surface area contributed by atoms with Gasteiger partial charge in [-0.25, -0.2) is 0 Å². The van der Waals surface area contributed by atoms with Crippen molar-refractivity contribution in [1.82, 2.24) is 5.32 Å². The molecule has 0 aromatic heterocycles. The van der Waals surface area contributed by atoms with Crippen LogP contribution in [0.4, 0.5) is 0 Å². The Labute approximate surface area is 457 Å². The van der Waals surface area contributed by atoms with E-state index in [2.05, 4.69) is 19.2 Å². The van der Waals surface area contributed by atoms with Crippen molar-refractivity contribution in [3.05, 3.63) is 0 Å². The SMILES string of the molecule is CCCCCCCCCCCCCCCCCCCCCCC(O)C(CO)NC(=O)CCCCCCCCCCCCCCCCCCCCCCCCOC(=O)CCCCCCCCCCCCCCCC. The van der Waals surface area contributed by atoms with Gasteiger partial charge in [-0.3, -0.25) is 9.59 Å². The predicted octanol–water partition coefficient (Wildman–Crippen LogP) is 21.4. The monoisotopic (exact) mass is 1030 g/mol. The van der Waals surface area contributed by atoms with Gasteiger partial charge in [0.05, 0.1) is 25.4 Å². The molecule has 0 saturated heterocycles. The maximum atomic E-state index is 12.5. The topological polar surface area (TPSA) is 95.9 Å². The van der Waals surface area contributed by atoms with E-state index in [4.69, 9.17) is 4.74 Å². The number of ether oxygens (including phenoxy) is 1. The second-order valence-corrected chi connectivity index (χ2v) is 23.5. The normalized spacial score (nSPS) is 12.4. The molecule has 0 spiro atoms. The van der Waals surface area contributed by atoms with Crippen LogP contribution in [0.15, 0.2) is 0 Å². The Kier molecular flexibility index (Phi) is 62.4. The highest BCUT2D eigenvalue weighted by molar-refractivity contribution is 5.76. The van der Waals surface area contributed by atoms with Crippen LogP contribution in [-0.2, 0) is 14.3 Å². The molecular formula is C67H133NO5. The zero-order valence-electron chi connectivity index (χ0n) is 49.9. The van der Waals surface area contributed by atoms with E-state index in [9.17, 15) is 19.8 Å². The van der Waals surface area contributed by atoms with Crippen molar-refractivity contribution in [3.63, 3.8) is 0 Å². The van der Waals surface area contributed by atoms with E-state index in [1.54, 1.807) is 0 Å². The fourth-order valence-corrected chi connectivity index (χ4v) is 11.0. The van der Waals surface area contributed by atoms with E-state index in [0.717, 1.165) is 38.5 Å². The maximum Gasteiger partial charge on any atom is 0.305 e. The van der Waals surface area contributed by atoms with Crippen molar-refractivity contribution in [1.29, 1.82) is 0 Å². The van der Waals surface area contributed by atoms with E-state index in [1.807, 2.05) is 0 Å². The molecule has 0 rings (SSSR count). The quantitative estimate of drug-likeness (QED) is 0.0417. The number of hydrogen-bond donors (Lipinski definition) is 3. The number of rotatable bonds is 64. The van der Waals surface area contributed by atoms with Crippen molar-refractivity contribution < 1.29 is 24.5 Å². The fraction of sp³-hybridized carbons (Fsp3) is 0.970. The first-order chi connectivity index (χ1) is 36.0. The Morgan fingerprint density at radius 3 is 0.836 bits per heavy atom. The van der Waals surface area contributed by atoms with Crippen LogP contribution in [0.3, 0.4) is 0 Å². The van der Waals surface area contributed by atoms with Crippen molar-refractivity contribution in [2.24, 2.45) is 0 Å². The van der Waals surface area contributed by atoms with Gasteiger partial charge in [-0.2, -0.15) is 0 Å². The second-order valence-electron chi connectivity index (χ2n) is 23.5. The van der Waals surface area contributed by atoms with Gasteiger partial charge < -0.3 is 20.3 Å². The maximum absolute atomic E-state index is 12.5. The lowest BCUT2D eigenvalue weighted by atomic mass is 10.0. The van der Waals surface area contributed by atoms with Crippen LogP contribution in [0.25, 0.3) is 0 Å². The molecule has 0 aliphatic heterocycles. The largest absolute Gasteiger partial charge is 0.466 e. The molecule has 436 valence electrons. The molecule has 0 saturated carbocycles. The molecule has 2 unspecified atom stereocenters. The third kappa shape index (κ3) is 60.0. The minimum atomic E-state index is -0.664. The summed E-state index contributed by atoms with van der Waals surface area (Å²) in [6.07, 6.45) is 75.6. The van der Waals surface area contributed by atoms with Gasteiger partial charge in [-0.05, 0) is 25.7 Å². The highest BCUT2D eigenvalue weighted by atomic mass is 16.5. The smallest absolute Gasteiger partial charge is 0.305 e. The summed E-state index contributed by atoms with van der Waals surface area (Å²) in [5.41, 5.74) is 0. The second kappa shape index (κ2) is 63.4. The first-order valence-corrected chi connectivity index (χ1v) is 33.8. The Bertz CT molecular complexity index is 1050. The minimum Gasteiger partial charge on any atom is -0.466 e. The summed E-state index contributed by atoms with van der Waals surface area (Å²) in [4.78, 5) is 24.6. The molecule has 3 N–H and O–H groups in total. The predicted molar refractivity (Wildman–Crippen MR) is 320 cm³/mol. The van der Waals surface area contributed by atoms with Gasteiger partial charge in [-0.15, -0.1) is 0 Å². The van der Waals surface area contributed by atoms with Crippen LogP contribution >= 0.6 is 0 Å². The molecule has 2 atom stereocenters. The van der Waals surface area contributed by atoms with Crippen LogP contribution in [0, 0.1) is 0 Å². The molecule has 0 radical (unpaired) electrons. The van der Waals surface area contributed by atoms with Gasteiger partial charge in [0.15, 0.2) is 0 Å². The van der Waals surface area contributed by atoms with Gasteiger partial charge >= 0.3 is 5.97 Å². The molecule has 6 nitrogen and oxygen atoms in total. The Hall–Kier alpha value is -1.14. The van der Waals surface area contributed by atoms with Crippen LogP contribution in [0.5, 0.6) is 0 Å². The Balaban J connectivity index is 3.36. The molecule has 0 fully saturated rings. The first kappa shape index (κ1) is 71.9. The highest BCUT2D eigenvalue weighted by Crippen LogP contribution is 2.19. The van der Waals surface area contributed by atoms with E-state index in [1.165, 1.54) is 321 Å². The van der Waals surface area contributed by atoms with E-state index in [0.29, 0.717) is 25.9 Å². The molecule has 73 heavy (non-hydrogen) atoms. The van der Waals surface area contributed by atoms with Crippen molar-refractivity contribution >= 4 is 11.9 Å². The van der Waals surface area contributed by atoms with E-state index >= 15 is 0 Å². The summed E-state index contributed by atoms with van der Waals surface area (Å²) in [6.45, 7) is 5.00. The summed E-state index contributed by atoms with van der Waals surface area (Å²) in [7, 11) is 0. The number of aliphatic hydroxyl groups is 2. The number of esters is 1. The van der Waals surface area contributed by atoms with Gasteiger partial charge in [0.1, 0.15) is 0 Å². The van der Waals surface area contributed by atoms with Crippen molar-refractivity contribution in [3.8, 4) is 0 Å². The lowest BCUT2D eigenvalue weighted by molar-refractivity contribution is -0.143. The van der Waals surface area contributed by atoms with Gasteiger partial charge in [0, 0.05) is 12.8 Å². The summed E-state index contributed by atoms with van der Waals surface area (Å²) in [6, 6.07) is -0.541. The molecule has 0 aromatic rings. The molecule has 0 bridgehead atoms. The fourth-order valence-electron chi connectivity index (χ4n) is 11.0. The third-order valence-electron chi connectivity index (χ3n) is 16.2. The average molecular weight is 1030 g/mol. The molecule has 6 heteroatoms. The molecular weight excluding hydrogens is 899 g/mol. The summed E-state index contributed by atoms with van der Waals surface area (Å²) >= 11 is 0. The van der Waals surface area contributed by atoms with E-state index < -0.39 is 12.1 Å². The van der Waals surface area contributed by atoms with Gasteiger partial charge in [0.2, 0.25) is 5.91 Å². The number of aliphatic hydroxyl groups excluding tert-OH is 2. The summed E-state index contributed by atoms with van der Waals surface area (Å²) in [5, 5.41) is 23.4. The van der Waals surface area contributed by atoms with Crippen LogP contribution in [0.1, 0.15) is 393 Å². The molecule has 0 aromatic carbocycles. The zero-order chi connectivity index (χ0) is 52.9. The highest BCUT2D eigenvalue weighted by Gasteiger charge is 2.20. The lowest BCUT2D eigenvalue weighted by Crippen LogP contribution is -2.45. The molecule has 0 aliphatic carbocycles. The first-order valence-electron chi connectivity index (χ1n) is 33.8. The summed E-state index contributed by atoms with van der Waals surface area (Å²) in [5.74, 6) is -0.0132. The van der Waals surface area contributed by atoms with Crippen molar-refractivity contribution in [2.45, 2.75) is 405 Å². The average Bonchev–Trinajstić information content (AvgIpc) is 3.39. The van der Waals surface area contributed by atoms with Gasteiger partial charge in [-0.1, -0.05) is 354 Å². The molecule has 1 amide bonds. The Morgan fingerprint density at radius 1 is 0.329 bits per heavy atom. The summed E-state index contributed by atoms with van der Waals surface area (Å²) < 4.78 is 5.49. The number of hydrogen-bond acceptors (Lipinski definition) is 5. The molecule has 0 heterocycles. The number of amides is 1. The Morgan fingerprint density at radius 2 is 0.562 bits per heavy atom. The number of carbonyl (C=O) groups excluding carboxylic acids is 2. The number of carbonyl (C=O) groups is 2.